The third-order valence-electron chi connectivity index (χ3n) is 1.54. The summed E-state index contributed by atoms with van der Waals surface area (Å²) in [4.78, 5) is 0. The first kappa shape index (κ1) is 5.87. The summed E-state index contributed by atoms with van der Waals surface area (Å²) in [6.07, 6.45) is 7.33. The first-order valence-corrected chi connectivity index (χ1v) is 3.47. The average Bonchev–Trinajstić information content (AvgIpc) is 2.41. The van der Waals surface area contributed by atoms with Crippen LogP contribution in [0.3, 0.4) is 0 Å². The van der Waals surface area contributed by atoms with Gasteiger partial charge in [0.25, 0.3) is 0 Å². The maximum Gasteiger partial charge on any atom is -0.00530 e. The Kier molecular flexibility index (Phi) is 1.72. The van der Waals surface area contributed by atoms with Crippen LogP contribution in [0.25, 0.3) is 0 Å². The fraction of sp³-hybridized carbons (Fsp3) is 0.750. The van der Waals surface area contributed by atoms with Crippen molar-refractivity contribution < 1.29 is 0 Å². The minimum Gasteiger partial charge on any atom is -0.0810 e. The van der Waals surface area contributed by atoms with Crippen LogP contribution < -0.4 is 0 Å². The SMILES string of the molecule is CC(C)CCC1C=C1. The topological polar surface area (TPSA) is 0 Å². The van der Waals surface area contributed by atoms with Gasteiger partial charge in [0.1, 0.15) is 0 Å². The van der Waals surface area contributed by atoms with Crippen molar-refractivity contribution in [3.63, 3.8) is 0 Å². The van der Waals surface area contributed by atoms with E-state index >= 15 is 0 Å². The summed E-state index contributed by atoms with van der Waals surface area (Å²) in [6, 6.07) is 0. The molecular formula is C8H14. The van der Waals surface area contributed by atoms with Gasteiger partial charge in [-0.1, -0.05) is 32.4 Å². The van der Waals surface area contributed by atoms with Crippen LogP contribution in [0.15, 0.2) is 12.2 Å². The quantitative estimate of drug-likeness (QED) is 0.490. The smallest absolute Gasteiger partial charge is 0.00530 e. The Morgan fingerprint density at radius 3 is 2.38 bits per heavy atom. The molecule has 1 aliphatic carbocycles. The molecule has 0 aromatic carbocycles. The van der Waals surface area contributed by atoms with Crippen molar-refractivity contribution in [2.75, 3.05) is 0 Å². The maximum atomic E-state index is 2.28. The predicted octanol–water partition coefficient (Wildman–Crippen LogP) is 2.61. The summed E-state index contributed by atoms with van der Waals surface area (Å²) in [5, 5.41) is 0. The lowest BCUT2D eigenvalue weighted by Gasteiger charge is -2.00. The minimum absolute atomic E-state index is 0.886. The minimum atomic E-state index is 0.886. The van der Waals surface area contributed by atoms with Gasteiger partial charge in [0, 0.05) is 0 Å². The molecule has 0 aromatic rings. The van der Waals surface area contributed by atoms with Crippen LogP contribution in [0.5, 0.6) is 0 Å². The van der Waals surface area contributed by atoms with Gasteiger partial charge < -0.3 is 0 Å². The fourth-order valence-electron chi connectivity index (χ4n) is 0.797. The highest BCUT2D eigenvalue weighted by atomic mass is 14.1. The van der Waals surface area contributed by atoms with Crippen LogP contribution in [0.1, 0.15) is 26.7 Å². The molecule has 0 amide bonds. The Bertz CT molecular complexity index is 82.2. The first-order chi connectivity index (χ1) is 3.79. The van der Waals surface area contributed by atoms with Gasteiger partial charge >= 0.3 is 0 Å². The second-order valence-electron chi connectivity index (χ2n) is 3.02. The molecule has 0 aliphatic heterocycles. The summed E-state index contributed by atoms with van der Waals surface area (Å²) in [5.74, 6) is 1.77. The Labute approximate surface area is 51.6 Å². The summed E-state index contributed by atoms with van der Waals surface area (Å²) < 4.78 is 0. The predicted molar refractivity (Wildman–Crippen MR) is 36.7 cm³/mol. The monoisotopic (exact) mass is 110 g/mol. The average molecular weight is 110 g/mol. The van der Waals surface area contributed by atoms with Gasteiger partial charge in [-0.2, -0.15) is 0 Å². The lowest BCUT2D eigenvalue weighted by Crippen LogP contribution is -1.87. The molecule has 1 aliphatic rings. The molecule has 0 unspecified atom stereocenters. The zero-order chi connectivity index (χ0) is 5.98. The highest BCUT2D eigenvalue weighted by Gasteiger charge is 2.09. The lowest BCUT2D eigenvalue weighted by molar-refractivity contribution is 0.541. The molecule has 0 saturated heterocycles. The zero-order valence-corrected chi connectivity index (χ0v) is 5.72. The number of hydrogen-bond donors (Lipinski definition) is 0. The van der Waals surface area contributed by atoms with E-state index < -0.39 is 0 Å². The van der Waals surface area contributed by atoms with Crippen molar-refractivity contribution in [1.29, 1.82) is 0 Å². The standard InChI is InChI=1S/C8H14/c1-7(2)3-4-8-5-6-8/h5-8H,3-4H2,1-2H3. The number of hydrogen-bond acceptors (Lipinski definition) is 0. The lowest BCUT2D eigenvalue weighted by atomic mass is 10.1. The van der Waals surface area contributed by atoms with Gasteiger partial charge in [-0.15, -0.1) is 0 Å². The van der Waals surface area contributed by atoms with Crippen molar-refractivity contribution >= 4 is 0 Å². The van der Waals surface area contributed by atoms with E-state index in [4.69, 9.17) is 0 Å². The van der Waals surface area contributed by atoms with Crippen molar-refractivity contribution in [1.82, 2.24) is 0 Å². The van der Waals surface area contributed by atoms with E-state index in [0.717, 1.165) is 11.8 Å². The van der Waals surface area contributed by atoms with Crippen LogP contribution >= 0.6 is 0 Å². The largest absolute Gasteiger partial charge is 0.0810 e. The van der Waals surface area contributed by atoms with Gasteiger partial charge in [-0.25, -0.2) is 0 Å². The van der Waals surface area contributed by atoms with Crippen molar-refractivity contribution in [2.24, 2.45) is 11.8 Å². The fourth-order valence-corrected chi connectivity index (χ4v) is 0.797. The molecule has 0 heterocycles. The highest BCUT2D eigenvalue weighted by Crippen LogP contribution is 2.23. The molecule has 0 nitrogen and oxygen atoms in total. The van der Waals surface area contributed by atoms with Crippen LogP contribution in [-0.2, 0) is 0 Å². The van der Waals surface area contributed by atoms with Crippen LogP contribution in [0.4, 0.5) is 0 Å². The molecular weight excluding hydrogens is 96.1 g/mol. The second-order valence-corrected chi connectivity index (χ2v) is 3.02. The molecule has 1 rings (SSSR count). The molecule has 8 heavy (non-hydrogen) atoms. The van der Waals surface area contributed by atoms with Crippen LogP contribution in [0.2, 0.25) is 0 Å². The Morgan fingerprint density at radius 1 is 1.38 bits per heavy atom. The third kappa shape index (κ3) is 2.15. The number of allylic oxidation sites excluding steroid dienone is 2. The van der Waals surface area contributed by atoms with E-state index in [9.17, 15) is 0 Å². The van der Waals surface area contributed by atoms with E-state index in [0.29, 0.717) is 0 Å². The highest BCUT2D eigenvalue weighted by molar-refractivity contribution is 5.12. The van der Waals surface area contributed by atoms with Gasteiger partial charge in [-0.05, 0) is 18.3 Å². The molecule has 0 atom stereocenters. The zero-order valence-electron chi connectivity index (χ0n) is 5.72. The van der Waals surface area contributed by atoms with E-state index in [1.165, 1.54) is 12.8 Å². The molecule has 0 aromatic heterocycles. The number of rotatable bonds is 3. The van der Waals surface area contributed by atoms with E-state index in [1.807, 2.05) is 0 Å². The molecule has 0 heteroatoms. The Hall–Kier alpha value is -0.260. The Balaban J connectivity index is 1.88. The Morgan fingerprint density at radius 2 is 2.00 bits per heavy atom. The molecule has 0 bridgehead atoms. The molecule has 0 saturated carbocycles. The molecule has 46 valence electrons. The van der Waals surface area contributed by atoms with Crippen LogP contribution in [-0.4, -0.2) is 0 Å². The summed E-state index contributed by atoms with van der Waals surface area (Å²) in [7, 11) is 0. The molecule has 0 radical (unpaired) electrons. The van der Waals surface area contributed by atoms with Crippen LogP contribution in [0, 0.1) is 11.8 Å². The van der Waals surface area contributed by atoms with Gasteiger partial charge in [0.05, 0.1) is 0 Å². The van der Waals surface area contributed by atoms with E-state index in [1.54, 1.807) is 0 Å². The van der Waals surface area contributed by atoms with E-state index in [-0.39, 0.29) is 0 Å². The molecule has 0 N–H and O–H groups in total. The van der Waals surface area contributed by atoms with E-state index in [2.05, 4.69) is 26.0 Å². The van der Waals surface area contributed by atoms with Crippen molar-refractivity contribution in [3.05, 3.63) is 12.2 Å². The summed E-state index contributed by atoms with van der Waals surface area (Å²) in [6.45, 7) is 4.56. The van der Waals surface area contributed by atoms with Gasteiger partial charge in [0.2, 0.25) is 0 Å². The normalized spacial score (nSPS) is 17.9. The van der Waals surface area contributed by atoms with Gasteiger partial charge in [0.15, 0.2) is 0 Å². The van der Waals surface area contributed by atoms with Crippen molar-refractivity contribution in [2.45, 2.75) is 26.7 Å². The van der Waals surface area contributed by atoms with Crippen molar-refractivity contribution in [3.8, 4) is 0 Å². The first-order valence-electron chi connectivity index (χ1n) is 3.47. The van der Waals surface area contributed by atoms with Gasteiger partial charge in [-0.3, -0.25) is 0 Å². The second kappa shape index (κ2) is 2.34. The molecule has 0 fully saturated rings. The molecule has 0 spiro atoms. The third-order valence-corrected chi connectivity index (χ3v) is 1.54. The summed E-state index contributed by atoms with van der Waals surface area (Å²) in [5.41, 5.74) is 0. The summed E-state index contributed by atoms with van der Waals surface area (Å²) >= 11 is 0. The maximum absolute atomic E-state index is 2.28.